The minimum atomic E-state index is -1.74. The first-order valence-corrected chi connectivity index (χ1v) is 8.11. The summed E-state index contributed by atoms with van der Waals surface area (Å²) in [6.07, 6.45) is 2.64. The minimum Gasteiger partial charge on any atom is -0.464 e. The van der Waals surface area contributed by atoms with Gasteiger partial charge in [-0.3, -0.25) is 4.72 Å². The Morgan fingerprint density at radius 3 is 2.78 bits per heavy atom. The molecule has 1 unspecified atom stereocenters. The van der Waals surface area contributed by atoms with Crippen LogP contribution in [0.25, 0.3) is 0 Å². The molecule has 122 valence electrons. The standard InChI is InChI=1S/C14H13ClFN3O3S/c1-8-9(11(16)4-3-10(8)15)7-23(21)19-13-12(14(20)22-2)17-5-6-18-13/h3-6H,7H2,1-2H3,(H,18,19). The van der Waals surface area contributed by atoms with Crippen molar-refractivity contribution < 1.29 is 18.1 Å². The Labute approximate surface area is 139 Å². The van der Waals surface area contributed by atoms with E-state index in [1.165, 1.54) is 31.6 Å². The monoisotopic (exact) mass is 357 g/mol. The number of carbonyl (C=O) groups is 1. The van der Waals surface area contributed by atoms with Crippen LogP contribution >= 0.6 is 11.6 Å². The number of methoxy groups -OCH3 is 1. The lowest BCUT2D eigenvalue weighted by atomic mass is 10.1. The summed E-state index contributed by atoms with van der Waals surface area (Å²) >= 11 is 5.95. The second kappa shape index (κ2) is 7.47. The summed E-state index contributed by atoms with van der Waals surface area (Å²) in [7, 11) is -0.542. The van der Waals surface area contributed by atoms with Crippen LogP contribution in [0.1, 0.15) is 21.6 Å². The fraction of sp³-hybridized carbons (Fsp3) is 0.214. The molecule has 0 radical (unpaired) electrons. The lowest BCUT2D eigenvalue weighted by Crippen LogP contribution is -2.15. The van der Waals surface area contributed by atoms with Gasteiger partial charge < -0.3 is 4.74 Å². The van der Waals surface area contributed by atoms with E-state index in [-0.39, 0.29) is 22.8 Å². The predicted octanol–water partition coefficient (Wildman–Crippen LogP) is 2.64. The lowest BCUT2D eigenvalue weighted by Gasteiger charge is -2.11. The van der Waals surface area contributed by atoms with Crippen LogP contribution in [0.2, 0.25) is 5.02 Å². The van der Waals surface area contributed by atoms with Crippen molar-refractivity contribution in [2.75, 3.05) is 11.8 Å². The number of carbonyl (C=O) groups excluding carboxylic acids is 1. The van der Waals surface area contributed by atoms with Crippen LogP contribution in [0.3, 0.4) is 0 Å². The number of aromatic nitrogens is 2. The summed E-state index contributed by atoms with van der Waals surface area (Å²) in [6.45, 7) is 1.64. The van der Waals surface area contributed by atoms with Crippen LogP contribution in [-0.2, 0) is 21.5 Å². The van der Waals surface area contributed by atoms with Gasteiger partial charge in [-0.25, -0.2) is 23.4 Å². The highest BCUT2D eigenvalue weighted by Crippen LogP contribution is 2.23. The van der Waals surface area contributed by atoms with Gasteiger partial charge >= 0.3 is 5.97 Å². The van der Waals surface area contributed by atoms with Crippen LogP contribution in [0.5, 0.6) is 0 Å². The summed E-state index contributed by atoms with van der Waals surface area (Å²) in [5.41, 5.74) is 0.632. The molecule has 2 rings (SSSR count). The molecule has 1 atom stereocenters. The molecular formula is C14H13ClFN3O3S. The van der Waals surface area contributed by atoms with Crippen molar-refractivity contribution in [1.82, 2.24) is 9.97 Å². The molecule has 0 saturated heterocycles. The van der Waals surface area contributed by atoms with Gasteiger partial charge in [0.1, 0.15) is 16.8 Å². The molecule has 0 saturated carbocycles. The van der Waals surface area contributed by atoms with Crippen LogP contribution in [0, 0.1) is 12.7 Å². The normalized spacial score (nSPS) is 11.8. The molecule has 1 heterocycles. The number of hydrogen-bond acceptors (Lipinski definition) is 5. The molecule has 0 bridgehead atoms. The number of halogens is 2. The molecule has 0 spiro atoms. The molecule has 2 aromatic rings. The number of benzene rings is 1. The number of anilines is 1. The fourth-order valence-electron chi connectivity index (χ4n) is 1.81. The van der Waals surface area contributed by atoms with Gasteiger partial charge in [0.15, 0.2) is 11.5 Å². The third-order valence-electron chi connectivity index (χ3n) is 3.04. The first kappa shape index (κ1) is 17.3. The Hall–Kier alpha value is -2.06. The average molecular weight is 358 g/mol. The van der Waals surface area contributed by atoms with Crippen molar-refractivity contribution in [2.24, 2.45) is 0 Å². The largest absolute Gasteiger partial charge is 0.464 e. The predicted molar refractivity (Wildman–Crippen MR) is 85.0 cm³/mol. The smallest absolute Gasteiger partial charge is 0.360 e. The number of rotatable bonds is 5. The molecule has 1 aromatic heterocycles. The summed E-state index contributed by atoms with van der Waals surface area (Å²) in [6, 6.07) is 2.65. The summed E-state index contributed by atoms with van der Waals surface area (Å²) in [4.78, 5) is 19.3. The van der Waals surface area contributed by atoms with Gasteiger partial charge in [0.25, 0.3) is 0 Å². The average Bonchev–Trinajstić information content (AvgIpc) is 2.55. The van der Waals surface area contributed by atoms with E-state index in [1.807, 2.05) is 0 Å². The third-order valence-corrected chi connectivity index (χ3v) is 4.42. The Balaban J connectivity index is 2.22. The Morgan fingerprint density at radius 1 is 1.39 bits per heavy atom. The first-order valence-electron chi connectivity index (χ1n) is 6.42. The quantitative estimate of drug-likeness (QED) is 0.832. The van der Waals surface area contributed by atoms with Gasteiger partial charge in [0, 0.05) is 23.0 Å². The molecule has 0 fully saturated rings. The van der Waals surface area contributed by atoms with Crippen molar-refractivity contribution in [3.05, 3.63) is 52.2 Å². The summed E-state index contributed by atoms with van der Waals surface area (Å²) < 4.78 is 33.2. The number of hydrogen-bond donors (Lipinski definition) is 1. The fourth-order valence-corrected chi connectivity index (χ4v) is 3.04. The Kier molecular flexibility index (Phi) is 5.62. The topological polar surface area (TPSA) is 81.2 Å². The highest BCUT2D eigenvalue weighted by molar-refractivity contribution is 7.85. The van der Waals surface area contributed by atoms with Crippen molar-refractivity contribution in [2.45, 2.75) is 12.7 Å². The second-order valence-electron chi connectivity index (χ2n) is 4.47. The highest BCUT2D eigenvalue weighted by atomic mass is 35.5. The molecule has 0 aliphatic rings. The zero-order valence-corrected chi connectivity index (χ0v) is 13.9. The van der Waals surface area contributed by atoms with E-state index in [0.717, 1.165) is 0 Å². The van der Waals surface area contributed by atoms with Crippen molar-refractivity contribution in [3.63, 3.8) is 0 Å². The molecule has 9 heteroatoms. The number of ether oxygens (including phenoxy) is 1. The van der Waals surface area contributed by atoms with Gasteiger partial charge in [-0.15, -0.1) is 0 Å². The van der Waals surface area contributed by atoms with E-state index in [4.69, 9.17) is 11.6 Å². The van der Waals surface area contributed by atoms with Gasteiger partial charge in [-0.1, -0.05) is 11.6 Å². The molecule has 1 aromatic carbocycles. The molecule has 0 aliphatic carbocycles. The number of esters is 1. The van der Waals surface area contributed by atoms with Crippen LogP contribution < -0.4 is 4.72 Å². The van der Waals surface area contributed by atoms with Crippen molar-refractivity contribution in [3.8, 4) is 0 Å². The van der Waals surface area contributed by atoms with E-state index in [9.17, 15) is 13.4 Å². The Bertz CT molecular complexity index is 773. The SMILES string of the molecule is COC(=O)c1nccnc1NS(=O)Cc1c(F)ccc(Cl)c1C. The van der Waals surface area contributed by atoms with Gasteiger partial charge in [0.2, 0.25) is 0 Å². The zero-order valence-electron chi connectivity index (χ0n) is 12.3. The number of nitrogens with one attached hydrogen (secondary N) is 1. The maximum Gasteiger partial charge on any atom is 0.360 e. The highest BCUT2D eigenvalue weighted by Gasteiger charge is 2.18. The van der Waals surface area contributed by atoms with E-state index < -0.39 is 22.8 Å². The zero-order chi connectivity index (χ0) is 17.0. The third kappa shape index (κ3) is 4.02. The Morgan fingerprint density at radius 2 is 2.09 bits per heavy atom. The van der Waals surface area contributed by atoms with Crippen molar-refractivity contribution in [1.29, 1.82) is 0 Å². The summed E-state index contributed by atoms with van der Waals surface area (Å²) in [5, 5.41) is 0.383. The maximum absolute atomic E-state index is 13.9. The molecule has 0 aliphatic heterocycles. The lowest BCUT2D eigenvalue weighted by molar-refractivity contribution is 0.0595. The van der Waals surface area contributed by atoms with Gasteiger partial charge in [-0.05, 0) is 24.6 Å². The van der Waals surface area contributed by atoms with Gasteiger partial charge in [-0.2, -0.15) is 0 Å². The molecule has 23 heavy (non-hydrogen) atoms. The van der Waals surface area contributed by atoms with E-state index in [1.54, 1.807) is 6.92 Å². The molecule has 1 N–H and O–H groups in total. The maximum atomic E-state index is 13.9. The second-order valence-corrected chi connectivity index (χ2v) is 6.06. The summed E-state index contributed by atoms with van der Waals surface area (Å²) in [5.74, 6) is -1.37. The van der Waals surface area contributed by atoms with Crippen LogP contribution in [0.15, 0.2) is 24.5 Å². The molecular weight excluding hydrogens is 345 g/mol. The van der Waals surface area contributed by atoms with E-state index in [0.29, 0.717) is 10.6 Å². The molecule has 6 nitrogen and oxygen atoms in total. The van der Waals surface area contributed by atoms with Crippen LogP contribution in [0.4, 0.5) is 10.2 Å². The van der Waals surface area contributed by atoms with E-state index in [2.05, 4.69) is 19.4 Å². The van der Waals surface area contributed by atoms with Crippen LogP contribution in [-0.4, -0.2) is 27.3 Å². The molecule has 0 amide bonds. The van der Waals surface area contributed by atoms with Gasteiger partial charge in [0.05, 0.1) is 12.9 Å². The number of nitrogens with zero attached hydrogens (tertiary/aromatic N) is 2. The minimum absolute atomic E-state index is 0.00206. The first-order chi connectivity index (χ1) is 10.9. The van der Waals surface area contributed by atoms with E-state index >= 15 is 0 Å². The van der Waals surface area contributed by atoms with Crippen molar-refractivity contribution >= 4 is 34.4 Å².